The number of nitrogens with one attached hydrogen (secondary N) is 2. The van der Waals surface area contributed by atoms with Crippen LogP contribution in [0.2, 0.25) is 0 Å². The number of hydrogen-bond acceptors (Lipinski definition) is 5. The Hall–Kier alpha value is -1.91. The maximum Gasteiger partial charge on any atom is 0.408 e. The molecule has 7 nitrogen and oxygen atoms in total. The first-order valence-corrected chi connectivity index (χ1v) is 8.38. The fraction of sp³-hybridized carbons (Fsp3) is 0.812. The van der Waals surface area contributed by atoms with Gasteiger partial charge in [0.1, 0.15) is 12.2 Å². The molecule has 1 heterocycles. The van der Waals surface area contributed by atoms with Crippen LogP contribution in [-0.4, -0.2) is 61.5 Å². The molecule has 156 valence electrons. The van der Waals surface area contributed by atoms with Crippen molar-refractivity contribution < 1.29 is 41.4 Å². The van der Waals surface area contributed by atoms with E-state index in [4.69, 9.17) is 4.74 Å². The lowest BCUT2D eigenvalue weighted by Gasteiger charge is -2.24. The molecule has 1 fully saturated rings. The number of hydrogen-bond donors (Lipinski definition) is 2. The second-order valence-electron chi connectivity index (χ2n) is 7.12. The minimum Gasteiger partial charge on any atom is -0.444 e. The highest BCUT2D eigenvalue weighted by atomic mass is 19.3. The maximum atomic E-state index is 12.5. The van der Waals surface area contributed by atoms with Crippen molar-refractivity contribution in [1.82, 2.24) is 10.6 Å². The average Bonchev–Trinajstić information content (AvgIpc) is 2.89. The summed E-state index contributed by atoms with van der Waals surface area (Å²) in [5.41, 5.74) is -0.866. The second-order valence-corrected chi connectivity index (χ2v) is 7.12. The maximum absolute atomic E-state index is 12.5. The molecule has 0 aliphatic carbocycles. The molecule has 2 atom stereocenters. The van der Waals surface area contributed by atoms with Gasteiger partial charge in [0.15, 0.2) is 11.9 Å². The number of Topliss-reactive ketones (excluding diaryl/α,β-unsaturated/α-hetero) is 1. The topological polar surface area (TPSA) is 93.7 Å². The molecule has 2 N–H and O–H groups in total. The number of ether oxygens (including phenoxy) is 2. The average molecular weight is 400 g/mol. The summed E-state index contributed by atoms with van der Waals surface area (Å²) in [4.78, 5) is 35.9. The normalized spacial score (nSPS) is 18.7. The number of amides is 2. The van der Waals surface area contributed by atoms with Crippen LogP contribution >= 0.6 is 0 Å². The van der Waals surface area contributed by atoms with E-state index in [0.717, 1.165) is 0 Å². The van der Waals surface area contributed by atoms with Crippen molar-refractivity contribution in [2.45, 2.75) is 64.2 Å². The molecule has 0 spiro atoms. The van der Waals surface area contributed by atoms with Crippen LogP contribution in [0.15, 0.2) is 0 Å². The summed E-state index contributed by atoms with van der Waals surface area (Å²) in [7, 11) is 0. The van der Waals surface area contributed by atoms with E-state index < -0.39 is 55.0 Å². The molecule has 1 saturated heterocycles. The Morgan fingerprint density at radius 1 is 1.22 bits per heavy atom. The molecule has 1 aliphatic heterocycles. The zero-order valence-electron chi connectivity index (χ0n) is 15.3. The van der Waals surface area contributed by atoms with Crippen molar-refractivity contribution in [2.24, 2.45) is 5.92 Å². The number of alkyl carbamates (subject to hydrolysis) is 1. The highest BCUT2D eigenvalue weighted by molar-refractivity contribution is 5.89. The standard InChI is InChI=1S/C16H24F4N2O5/c1-16(2,3)27-15(25)22-9(6-8-4-5-21-14(8)24)10(23)7-26-11(12(17)18)13(19)20/h8-9,11-13H,4-7H2,1-3H3,(H,21,24)(H,22,25)/t8?,9-/m0/s1. The fourth-order valence-electron chi connectivity index (χ4n) is 2.41. The predicted molar refractivity (Wildman–Crippen MR) is 85.6 cm³/mol. The van der Waals surface area contributed by atoms with E-state index in [-0.39, 0.29) is 12.3 Å². The lowest BCUT2D eigenvalue weighted by molar-refractivity contribution is -0.147. The molecule has 2 amide bonds. The van der Waals surface area contributed by atoms with Gasteiger partial charge in [0.05, 0.1) is 6.04 Å². The van der Waals surface area contributed by atoms with E-state index >= 15 is 0 Å². The molecule has 1 aliphatic rings. The van der Waals surface area contributed by atoms with Gasteiger partial charge in [0.25, 0.3) is 12.9 Å². The van der Waals surface area contributed by atoms with Gasteiger partial charge in [-0.2, -0.15) is 0 Å². The number of alkyl halides is 4. The third-order valence-corrected chi connectivity index (χ3v) is 3.68. The predicted octanol–water partition coefficient (Wildman–Crippen LogP) is 1.89. The number of rotatable bonds is 9. The number of ketones is 1. The molecule has 27 heavy (non-hydrogen) atoms. The Kier molecular flexibility index (Phi) is 8.45. The number of halogens is 4. The monoisotopic (exact) mass is 400 g/mol. The molecule has 1 unspecified atom stereocenters. The third-order valence-electron chi connectivity index (χ3n) is 3.68. The van der Waals surface area contributed by atoms with E-state index in [2.05, 4.69) is 15.4 Å². The van der Waals surface area contributed by atoms with Crippen LogP contribution in [0.3, 0.4) is 0 Å². The summed E-state index contributed by atoms with van der Waals surface area (Å²) >= 11 is 0. The van der Waals surface area contributed by atoms with Gasteiger partial charge in [-0.1, -0.05) is 0 Å². The van der Waals surface area contributed by atoms with E-state index in [1.54, 1.807) is 20.8 Å². The van der Waals surface area contributed by atoms with Crippen molar-refractivity contribution in [3.63, 3.8) is 0 Å². The Morgan fingerprint density at radius 3 is 2.26 bits per heavy atom. The molecular weight excluding hydrogens is 376 g/mol. The van der Waals surface area contributed by atoms with Gasteiger partial charge in [-0.25, -0.2) is 22.4 Å². The van der Waals surface area contributed by atoms with E-state index in [9.17, 15) is 31.9 Å². The highest BCUT2D eigenvalue weighted by Crippen LogP contribution is 2.19. The molecule has 1 rings (SSSR count). The number of carbonyl (C=O) groups excluding carboxylic acids is 3. The smallest absolute Gasteiger partial charge is 0.408 e. The van der Waals surface area contributed by atoms with Gasteiger partial charge < -0.3 is 20.1 Å². The zero-order chi connectivity index (χ0) is 20.8. The van der Waals surface area contributed by atoms with Gasteiger partial charge in [-0.15, -0.1) is 0 Å². The molecule has 0 radical (unpaired) electrons. The summed E-state index contributed by atoms with van der Waals surface area (Å²) < 4.78 is 59.4. The van der Waals surface area contributed by atoms with E-state index in [1.165, 1.54) is 0 Å². The summed E-state index contributed by atoms with van der Waals surface area (Å²) in [5.74, 6) is -1.82. The van der Waals surface area contributed by atoms with Gasteiger partial charge in [0, 0.05) is 12.5 Å². The van der Waals surface area contributed by atoms with Crippen molar-refractivity contribution in [3.8, 4) is 0 Å². The molecule has 0 bridgehead atoms. The quantitative estimate of drug-likeness (QED) is 0.577. The highest BCUT2D eigenvalue weighted by Gasteiger charge is 2.35. The van der Waals surface area contributed by atoms with Crippen LogP contribution in [-0.2, 0) is 19.1 Å². The van der Waals surface area contributed by atoms with Crippen molar-refractivity contribution >= 4 is 17.8 Å². The van der Waals surface area contributed by atoms with Gasteiger partial charge in [-0.3, -0.25) is 9.59 Å². The molecule has 0 saturated carbocycles. The van der Waals surface area contributed by atoms with Gasteiger partial charge in [-0.05, 0) is 33.6 Å². The van der Waals surface area contributed by atoms with E-state index in [0.29, 0.717) is 13.0 Å². The molecule has 11 heteroatoms. The Labute approximate surface area is 154 Å². The third kappa shape index (κ3) is 8.10. The first-order chi connectivity index (χ1) is 12.4. The van der Waals surface area contributed by atoms with Crippen molar-refractivity contribution in [2.75, 3.05) is 13.2 Å². The first kappa shape index (κ1) is 23.1. The van der Waals surface area contributed by atoms with Crippen LogP contribution in [0.1, 0.15) is 33.6 Å². The van der Waals surface area contributed by atoms with Gasteiger partial charge in [0.2, 0.25) is 5.91 Å². The van der Waals surface area contributed by atoms with Gasteiger partial charge >= 0.3 is 6.09 Å². The molecule has 0 aromatic heterocycles. The Balaban J connectivity index is 2.77. The molecule has 0 aromatic carbocycles. The molecular formula is C16H24F4N2O5. The van der Waals surface area contributed by atoms with Crippen LogP contribution in [0.5, 0.6) is 0 Å². The molecule has 0 aromatic rings. The zero-order valence-corrected chi connectivity index (χ0v) is 15.3. The largest absolute Gasteiger partial charge is 0.444 e. The minimum atomic E-state index is -3.48. The second kappa shape index (κ2) is 9.86. The van der Waals surface area contributed by atoms with Crippen molar-refractivity contribution in [3.05, 3.63) is 0 Å². The Morgan fingerprint density at radius 2 is 1.81 bits per heavy atom. The lowest BCUT2D eigenvalue weighted by Crippen LogP contribution is -2.47. The summed E-state index contributed by atoms with van der Waals surface area (Å²) in [6, 6.07) is -1.30. The van der Waals surface area contributed by atoms with Crippen LogP contribution in [0.25, 0.3) is 0 Å². The van der Waals surface area contributed by atoms with Crippen LogP contribution < -0.4 is 10.6 Å². The van der Waals surface area contributed by atoms with E-state index in [1.807, 2.05) is 0 Å². The Bertz CT molecular complexity index is 531. The minimum absolute atomic E-state index is 0.124. The lowest BCUT2D eigenvalue weighted by atomic mass is 9.96. The fourth-order valence-corrected chi connectivity index (χ4v) is 2.41. The SMILES string of the molecule is CC(C)(C)OC(=O)N[C@@H](CC1CCNC1=O)C(=O)COC(C(F)F)C(F)F. The summed E-state index contributed by atoms with van der Waals surface area (Å²) in [5, 5.41) is 4.82. The van der Waals surface area contributed by atoms with Crippen LogP contribution in [0.4, 0.5) is 22.4 Å². The number of carbonyl (C=O) groups is 3. The summed E-state index contributed by atoms with van der Waals surface area (Å²) in [6.07, 6.45) is -10.3. The van der Waals surface area contributed by atoms with Crippen molar-refractivity contribution in [1.29, 1.82) is 0 Å². The summed E-state index contributed by atoms with van der Waals surface area (Å²) in [6.45, 7) is 4.10. The van der Waals surface area contributed by atoms with Crippen LogP contribution in [0, 0.1) is 5.92 Å². The first-order valence-electron chi connectivity index (χ1n) is 8.38.